The molecule has 0 aromatic heterocycles. The zero-order valence-corrected chi connectivity index (χ0v) is 12.7. The summed E-state index contributed by atoms with van der Waals surface area (Å²) >= 11 is 0. The summed E-state index contributed by atoms with van der Waals surface area (Å²) in [6.07, 6.45) is 2.70. The predicted octanol–water partition coefficient (Wildman–Crippen LogP) is 1.64. The minimum absolute atomic E-state index is 0.0713. The van der Waals surface area contributed by atoms with Gasteiger partial charge < -0.3 is 5.32 Å². The Bertz CT molecular complexity index is 496. The summed E-state index contributed by atoms with van der Waals surface area (Å²) in [5, 5.41) is 11.9. The summed E-state index contributed by atoms with van der Waals surface area (Å²) in [7, 11) is -0.861. The van der Waals surface area contributed by atoms with Crippen LogP contribution in [0, 0.1) is 17.2 Å². The Labute approximate surface area is 122 Å². The number of nitriles is 1. The number of amides is 1. The van der Waals surface area contributed by atoms with Gasteiger partial charge in [-0.3, -0.25) is 9.00 Å². The van der Waals surface area contributed by atoms with E-state index < -0.39 is 16.7 Å². The Balaban J connectivity index is 2.51. The van der Waals surface area contributed by atoms with Crippen LogP contribution in [0.15, 0.2) is 30.3 Å². The summed E-state index contributed by atoms with van der Waals surface area (Å²) in [6.45, 7) is 1.86. The van der Waals surface area contributed by atoms with Crippen molar-refractivity contribution >= 4 is 16.7 Å². The van der Waals surface area contributed by atoms with E-state index in [1.165, 1.54) is 0 Å². The lowest BCUT2D eigenvalue weighted by atomic mass is 9.99. The molecule has 0 heterocycles. The third-order valence-corrected chi connectivity index (χ3v) is 3.79. The molecule has 108 valence electrons. The number of rotatable bonds is 7. The molecule has 0 radical (unpaired) electrons. The molecule has 20 heavy (non-hydrogen) atoms. The highest BCUT2D eigenvalue weighted by Crippen LogP contribution is 2.09. The van der Waals surface area contributed by atoms with Crippen LogP contribution in [-0.4, -0.2) is 28.2 Å². The van der Waals surface area contributed by atoms with Crippen LogP contribution in [-0.2, 0) is 22.0 Å². The van der Waals surface area contributed by atoms with Crippen LogP contribution in [0.25, 0.3) is 0 Å². The number of nitrogens with one attached hydrogen (secondary N) is 1. The molecule has 4 nitrogen and oxygen atoms in total. The summed E-state index contributed by atoms with van der Waals surface area (Å²) in [5.41, 5.74) is 0.969. The van der Waals surface area contributed by atoms with Crippen molar-refractivity contribution in [1.82, 2.24) is 5.32 Å². The number of hydrogen-bond acceptors (Lipinski definition) is 3. The number of nitrogens with zero attached hydrogens (tertiary/aromatic N) is 1. The zero-order chi connectivity index (χ0) is 15.0. The molecule has 1 aromatic carbocycles. The van der Waals surface area contributed by atoms with E-state index in [1.807, 2.05) is 43.3 Å². The molecule has 0 aliphatic rings. The van der Waals surface area contributed by atoms with Crippen LogP contribution < -0.4 is 5.32 Å². The standard InChI is InChI=1S/C15H20N2O2S/c1-12(8-9-20(2)19)17-15(18)14(11-16)10-13-6-4-3-5-7-13/h3-7,12,14H,8-10H2,1-2H3,(H,17,18). The van der Waals surface area contributed by atoms with Crippen molar-refractivity contribution in [3.63, 3.8) is 0 Å². The lowest BCUT2D eigenvalue weighted by Crippen LogP contribution is -2.38. The van der Waals surface area contributed by atoms with E-state index in [1.54, 1.807) is 6.26 Å². The maximum atomic E-state index is 12.0. The molecule has 3 unspecified atom stereocenters. The molecule has 0 bridgehead atoms. The second kappa shape index (κ2) is 8.49. The normalized spacial score (nSPS) is 14.8. The van der Waals surface area contributed by atoms with Crippen LogP contribution in [0.4, 0.5) is 0 Å². The Morgan fingerprint density at radius 3 is 2.60 bits per heavy atom. The summed E-state index contributed by atoms with van der Waals surface area (Å²) < 4.78 is 11.0. The fraction of sp³-hybridized carbons (Fsp3) is 0.467. The van der Waals surface area contributed by atoms with E-state index in [9.17, 15) is 9.00 Å². The Hall–Kier alpha value is -1.67. The molecule has 0 saturated carbocycles. The Kier molecular flexibility index (Phi) is 6.96. The SMILES string of the molecule is CC(CCS(C)=O)NC(=O)C(C#N)Cc1ccccc1. The predicted molar refractivity (Wildman–Crippen MR) is 80.4 cm³/mol. The van der Waals surface area contributed by atoms with Crippen LogP contribution in [0.3, 0.4) is 0 Å². The van der Waals surface area contributed by atoms with Gasteiger partial charge in [0.2, 0.25) is 5.91 Å². The average Bonchev–Trinajstić information content (AvgIpc) is 2.43. The van der Waals surface area contributed by atoms with Gasteiger partial charge in [0.15, 0.2) is 0 Å². The van der Waals surface area contributed by atoms with Crippen molar-refractivity contribution in [2.75, 3.05) is 12.0 Å². The van der Waals surface area contributed by atoms with Crippen LogP contribution >= 0.6 is 0 Å². The molecule has 0 aliphatic carbocycles. The number of carbonyl (C=O) groups excluding carboxylic acids is 1. The zero-order valence-electron chi connectivity index (χ0n) is 11.8. The summed E-state index contributed by atoms with van der Waals surface area (Å²) in [5.74, 6) is -0.394. The minimum Gasteiger partial charge on any atom is -0.352 e. The molecule has 3 atom stereocenters. The Morgan fingerprint density at radius 2 is 2.05 bits per heavy atom. The van der Waals surface area contributed by atoms with Crippen LogP contribution in [0.5, 0.6) is 0 Å². The van der Waals surface area contributed by atoms with E-state index in [0.717, 1.165) is 5.56 Å². The molecular formula is C15H20N2O2S. The molecule has 0 saturated heterocycles. The van der Waals surface area contributed by atoms with Crippen molar-refractivity contribution in [2.45, 2.75) is 25.8 Å². The lowest BCUT2D eigenvalue weighted by Gasteiger charge is -2.16. The monoisotopic (exact) mass is 292 g/mol. The van der Waals surface area contributed by atoms with Gasteiger partial charge in [0.05, 0.1) is 6.07 Å². The highest BCUT2D eigenvalue weighted by molar-refractivity contribution is 7.84. The van der Waals surface area contributed by atoms with E-state index >= 15 is 0 Å². The van der Waals surface area contributed by atoms with Crippen LogP contribution in [0.1, 0.15) is 18.9 Å². The van der Waals surface area contributed by atoms with Gasteiger partial charge in [0.1, 0.15) is 5.92 Å². The molecule has 0 fully saturated rings. The molecule has 1 aromatic rings. The molecule has 0 aliphatic heterocycles. The maximum absolute atomic E-state index is 12.0. The first-order valence-electron chi connectivity index (χ1n) is 6.57. The van der Waals surface area contributed by atoms with E-state index in [0.29, 0.717) is 18.6 Å². The van der Waals surface area contributed by atoms with E-state index in [4.69, 9.17) is 5.26 Å². The van der Waals surface area contributed by atoms with Gasteiger partial charge in [-0.25, -0.2) is 0 Å². The molecule has 5 heteroatoms. The van der Waals surface area contributed by atoms with Gasteiger partial charge in [-0.05, 0) is 25.3 Å². The van der Waals surface area contributed by atoms with Gasteiger partial charge >= 0.3 is 0 Å². The highest BCUT2D eigenvalue weighted by Gasteiger charge is 2.19. The molecule has 1 amide bonds. The topological polar surface area (TPSA) is 70.0 Å². The van der Waals surface area contributed by atoms with Crippen molar-refractivity contribution in [3.8, 4) is 6.07 Å². The highest BCUT2D eigenvalue weighted by atomic mass is 32.2. The van der Waals surface area contributed by atoms with Gasteiger partial charge in [-0.15, -0.1) is 0 Å². The Morgan fingerprint density at radius 1 is 1.40 bits per heavy atom. The molecular weight excluding hydrogens is 272 g/mol. The van der Waals surface area contributed by atoms with Crippen LogP contribution in [0.2, 0.25) is 0 Å². The minimum atomic E-state index is -0.861. The molecule has 1 rings (SSSR count). The van der Waals surface area contributed by atoms with Crippen molar-refractivity contribution in [3.05, 3.63) is 35.9 Å². The van der Waals surface area contributed by atoms with Gasteiger partial charge in [0.25, 0.3) is 0 Å². The molecule has 0 spiro atoms. The smallest absolute Gasteiger partial charge is 0.237 e. The lowest BCUT2D eigenvalue weighted by molar-refractivity contribution is -0.124. The maximum Gasteiger partial charge on any atom is 0.237 e. The summed E-state index contributed by atoms with van der Waals surface area (Å²) in [4.78, 5) is 12.0. The first-order chi connectivity index (χ1) is 9.52. The van der Waals surface area contributed by atoms with Crippen molar-refractivity contribution in [2.24, 2.45) is 5.92 Å². The first kappa shape index (κ1) is 16.4. The first-order valence-corrected chi connectivity index (χ1v) is 8.29. The number of hydrogen-bond donors (Lipinski definition) is 1. The number of carbonyl (C=O) groups is 1. The second-order valence-corrected chi connectivity index (χ2v) is 6.40. The van der Waals surface area contributed by atoms with Crippen molar-refractivity contribution < 1.29 is 9.00 Å². The van der Waals surface area contributed by atoms with E-state index in [2.05, 4.69) is 5.32 Å². The third kappa shape index (κ3) is 5.98. The largest absolute Gasteiger partial charge is 0.352 e. The number of benzene rings is 1. The van der Waals surface area contributed by atoms with Gasteiger partial charge in [-0.2, -0.15) is 5.26 Å². The second-order valence-electron chi connectivity index (χ2n) is 4.85. The van der Waals surface area contributed by atoms with Gasteiger partial charge in [-0.1, -0.05) is 30.3 Å². The van der Waals surface area contributed by atoms with Gasteiger partial charge in [0, 0.05) is 28.9 Å². The summed E-state index contributed by atoms with van der Waals surface area (Å²) in [6, 6.07) is 11.5. The fourth-order valence-corrected chi connectivity index (χ4v) is 2.49. The molecule has 1 N–H and O–H groups in total. The third-order valence-electron chi connectivity index (χ3n) is 2.98. The van der Waals surface area contributed by atoms with Crippen molar-refractivity contribution in [1.29, 1.82) is 5.26 Å². The quantitative estimate of drug-likeness (QED) is 0.830. The fourth-order valence-electron chi connectivity index (χ4n) is 1.81. The van der Waals surface area contributed by atoms with E-state index in [-0.39, 0.29) is 11.9 Å². The average molecular weight is 292 g/mol.